The SMILES string of the molecule is CC(C)(C)OC(=O)CCC(C(N)=O)N1Cc2cc(O[C@@H]3CN(C(=O)O)CC3(F)F)ccc2C1=O. The zero-order valence-corrected chi connectivity index (χ0v) is 19.0. The molecule has 0 bridgehead atoms. The summed E-state index contributed by atoms with van der Waals surface area (Å²) in [6.45, 7) is 3.61. The number of esters is 1. The monoisotopic (exact) mass is 483 g/mol. The minimum absolute atomic E-state index is 0.0321. The number of likely N-dealkylation sites (tertiary alicyclic amines) is 1. The van der Waals surface area contributed by atoms with E-state index >= 15 is 0 Å². The molecule has 2 aliphatic rings. The topological polar surface area (TPSA) is 139 Å². The second kappa shape index (κ2) is 9.07. The van der Waals surface area contributed by atoms with Gasteiger partial charge in [-0.2, -0.15) is 0 Å². The summed E-state index contributed by atoms with van der Waals surface area (Å²) >= 11 is 0. The molecule has 2 aliphatic heterocycles. The highest BCUT2D eigenvalue weighted by Crippen LogP contribution is 2.34. The molecule has 1 unspecified atom stereocenters. The Labute approximate surface area is 194 Å². The number of fused-ring (bicyclic) bond motifs is 1. The summed E-state index contributed by atoms with van der Waals surface area (Å²) < 4.78 is 38.9. The van der Waals surface area contributed by atoms with E-state index in [-0.39, 0.29) is 30.7 Å². The van der Waals surface area contributed by atoms with Crippen molar-refractivity contribution in [3.8, 4) is 5.75 Å². The molecule has 3 N–H and O–H groups in total. The van der Waals surface area contributed by atoms with E-state index in [0.29, 0.717) is 10.5 Å². The van der Waals surface area contributed by atoms with E-state index < -0.39 is 60.6 Å². The highest BCUT2D eigenvalue weighted by atomic mass is 19.3. The lowest BCUT2D eigenvalue weighted by Gasteiger charge is -2.25. The number of nitrogens with two attached hydrogens (primary N) is 1. The summed E-state index contributed by atoms with van der Waals surface area (Å²) in [4.78, 5) is 49.8. The summed E-state index contributed by atoms with van der Waals surface area (Å²) in [7, 11) is 0. The van der Waals surface area contributed by atoms with Gasteiger partial charge in [-0.1, -0.05) is 0 Å². The maximum Gasteiger partial charge on any atom is 0.407 e. The largest absolute Gasteiger partial charge is 0.482 e. The molecule has 0 radical (unpaired) electrons. The standard InChI is InChI=1S/C22H27F2N3O7/c1-21(2,3)34-17(28)7-6-15(18(25)29)27-9-12-8-13(4-5-14(12)19(27)30)33-16-10-26(20(31)32)11-22(16,23)24/h4-5,8,15-16H,6-7,9-11H2,1-3H3,(H2,25,29)(H,31,32)/t15?,16-/m1/s1. The van der Waals surface area contributed by atoms with Crippen LogP contribution in [0, 0.1) is 0 Å². The summed E-state index contributed by atoms with van der Waals surface area (Å²) in [6, 6.07) is 3.05. The number of alkyl halides is 2. The van der Waals surface area contributed by atoms with Crippen LogP contribution >= 0.6 is 0 Å². The van der Waals surface area contributed by atoms with Crippen molar-refractivity contribution in [3.05, 3.63) is 29.3 Å². The number of hydrogen-bond acceptors (Lipinski definition) is 6. The van der Waals surface area contributed by atoms with Crippen molar-refractivity contribution < 1.29 is 42.5 Å². The Morgan fingerprint density at radius 2 is 1.97 bits per heavy atom. The van der Waals surface area contributed by atoms with Crippen LogP contribution in [0.5, 0.6) is 5.75 Å². The van der Waals surface area contributed by atoms with Crippen molar-refractivity contribution in [1.29, 1.82) is 0 Å². The van der Waals surface area contributed by atoms with Crippen LogP contribution < -0.4 is 10.5 Å². The summed E-state index contributed by atoms with van der Waals surface area (Å²) in [6.07, 6.45) is -3.31. The molecule has 34 heavy (non-hydrogen) atoms. The molecule has 1 fully saturated rings. The van der Waals surface area contributed by atoms with Crippen molar-refractivity contribution in [2.45, 2.75) is 63.8 Å². The number of nitrogens with zero attached hydrogens (tertiary/aromatic N) is 2. The van der Waals surface area contributed by atoms with Crippen LogP contribution in [0.3, 0.4) is 0 Å². The third-order valence-electron chi connectivity index (χ3n) is 5.46. The number of ether oxygens (including phenoxy) is 2. The first-order chi connectivity index (χ1) is 15.7. The van der Waals surface area contributed by atoms with Crippen LogP contribution in [0.2, 0.25) is 0 Å². The average Bonchev–Trinajstić information content (AvgIpc) is 3.17. The lowest BCUT2D eigenvalue weighted by molar-refractivity contribution is -0.155. The molecule has 186 valence electrons. The third kappa shape index (κ3) is 5.54. The van der Waals surface area contributed by atoms with Crippen LogP contribution in [-0.4, -0.2) is 75.5 Å². The lowest BCUT2D eigenvalue weighted by atomic mass is 10.1. The Balaban J connectivity index is 1.70. The molecule has 0 aromatic heterocycles. The first kappa shape index (κ1) is 25.2. The molecule has 3 rings (SSSR count). The maximum atomic E-state index is 14.2. The van der Waals surface area contributed by atoms with Crippen molar-refractivity contribution >= 4 is 23.9 Å². The minimum atomic E-state index is -3.38. The van der Waals surface area contributed by atoms with Gasteiger partial charge in [-0.3, -0.25) is 19.3 Å². The van der Waals surface area contributed by atoms with Gasteiger partial charge in [0.15, 0.2) is 6.10 Å². The molecule has 0 saturated carbocycles. The van der Waals surface area contributed by atoms with Crippen LogP contribution in [0.1, 0.15) is 49.5 Å². The molecule has 3 amide bonds. The highest BCUT2D eigenvalue weighted by Gasteiger charge is 2.51. The molecule has 1 saturated heterocycles. The van der Waals surface area contributed by atoms with Crippen LogP contribution in [0.4, 0.5) is 13.6 Å². The zero-order valence-electron chi connectivity index (χ0n) is 19.0. The molecular weight excluding hydrogens is 456 g/mol. The fourth-order valence-electron chi connectivity index (χ4n) is 3.93. The number of carbonyl (C=O) groups is 4. The Bertz CT molecular complexity index is 1010. The third-order valence-corrected chi connectivity index (χ3v) is 5.46. The maximum absolute atomic E-state index is 14.2. The van der Waals surface area contributed by atoms with Gasteiger partial charge in [-0.25, -0.2) is 13.6 Å². The number of halogens is 2. The van der Waals surface area contributed by atoms with Crippen molar-refractivity contribution in [2.24, 2.45) is 5.73 Å². The Morgan fingerprint density at radius 1 is 1.29 bits per heavy atom. The normalized spacial score (nSPS) is 20.1. The number of carboxylic acid groups (broad SMARTS) is 1. The predicted octanol–water partition coefficient (Wildman–Crippen LogP) is 1.99. The van der Waals surface area contributed by atoms with Crippen molar-refractivity contribution in [2.75, 3.05) is 13.1 Å². The van der Waals surface area contributed by atoms with Crippen LogP contribution in [0.25, 0.3) is 0 Å². The Hall–Kier alpha value is -3.44. The van der Waals surface area contributed by atoms with E-state index in [1.807, 2.05) is 0 Å². The smallest absolute Gasteiger partial charge is 0.407 e. The summed E-state index contributed by atoms with van der Waals surface area (Å²) in [5, 5.41) is 8.97. The molecule has 12 heteroatoms. The second-order valence-corrected chi connectivity index (χ2v) is 9.33. The van der Waals surface area contributed by atoms with Gasteiger partial charge < -0.3 is 25.2 Å². The number of carbonyl (C=O) groups excluding carboxylic acids is 3. The van der Waals surface area contributed by atoms with Gasteiger partial charge in [0.25, 0.3) is 5.91 Å². The summed E-state index contributed by atoms with van der Waals surface area (Å²) in [5.41, 5.74) is 5.47. The van der Waals surface area contributed by atoms with Crippen molar-refractivity contribution in [3.63, 3.8) is 0 Å². The number of hydrogen-bond donors (Lipinski definition) is 2. The van der Waals surface area contributed by atoms with Gasteiger partial charge in [0, 0.05) is 18.5 Å². The van der Waals surface area contributed by atoms with E-state index in [1.54, 1.807) is 20.8 Å². The van der Waals surface area contributed by atoms with E-state index in [9.17, 15) is 28.0 Å². The fraction of sp³-hybridized carbons (Fsp3) is 0.545. The Kier molecular flexibility index (Phi) is 6.72. The first-order valence-corrected chi connectivity index (χ1v) is 10.7. The van der Waals surface area contributed by atoms with Crippen molar-refractivity contribution in [1.82, 2.24) is 9.80 Å². The molecular formula is C22H27F2N3O7. The number of amides is 3. The predicted molar refractivity (Wildman–Crippen MR) is 113 cm³/mol. The molecule has 10 nitrogen and oxygen atoms in total. The van der Waals surface area contributed by atoms with Gasteiger partial charge in [0.2, 0.25) is 5.91 Å². The number of primary amides is 1. The lowest BCUT2D eigenvalue weighted by Crippen LogP contribution is -2.45. The van der Waals surface area contributed by atoms with Gasteiger partial charge in [-0.15, -0.1) is 0 Å². The summed E-state index contributed by atoms with van der Waals surface area (Å²) in [5.74, 6) is -5.16. The molecule has 2 atom stereocenters. The van der Waals surface area contributed by atoms with Gasteiger partial charge in [-0.05, 0) is 51.0 Å². The first-order valence-electron chi connectivity index (χ1n) is 10.7. The second-order valence-electron chi connectivity index (χ2n) is 9.33. The van der Waals surface area contributed by atoms with Gasteiger partial charge in [0.05, 0.1) is 13.1 Å². The number of benzene rings is 1. The van der Waals surface area contributed by atoms with E-state index in [4.69, 9.17) is 20.3 Å². The minimum Gasteiger partial charge on any atom is -0.482 e. The molecule has 1 aromatic rings. The van der Waals surface area contributed by atoms with Gasteiger partial charge in [0.1, 0.15) is 17.4 Å². The molecule has 1 aromatic carbocycles. The molecule has 0 spiro atoms. The fourth-order valence-corrected chi connectivity index (χ4v) is 3.93. The van der Waals surface area contributed by atoms with E-state index in [1.165, 1.54) is 23.1 Å². The molecule has 2 heterocycles. The van der Waals surface area contributed by atoms with Crippen LogP contribution in [-0.2, 0) is 20.9 Å². The number of rotatable bonds is 7. The quantitative estimate of drug-likeness (QED) is 0.566. The average molecular weight is 483 g/mol. The Morgan fingerprint density at radius 3 is 2.53 bits per heavy atom. The van der Waals surface area contributed by atoms with E-state index in [2.05, 4.69) is 0 Å². The zero-order chi connectivity index (χ0) is 25.4. The van der Waals surface area contributed by atoms with Crippen LogP contribution in [0.15, 0.2) is 18.2 Å². The molecule has 0 aliphatic carbocycles. The van der Waals surface area contributed by atoms with E-state index in [0.717, 1.165) is 0 Å². The van der Waals surface area contributed by atoms with Gasteiger partial charge >= 0.3 is 18.0 Å². The highest BCUT2D eigenvalue weighted by molar-refractivity contribution is 6.01.